The van der Waals surface area contributed by atoms with Crippen LogP contribution in [0.1, 0.15) is 32.2 Å². The highest BCUT2D eigenvalue weighted by molar-refractivity contribution is 6.30. The summed E-state index contributed by atoms with van der Waals surface area (Å²) in [6.07, 6.45) is 0. The minimum absolute atomic E-state index is 0.0683. The van der Waals surface area contributed by atoms with Gasteiger partial charge in [-0.3, -0.25) is 0 Å². The van der Waals surface area contributed by atoms with Gasteiger partial charge in [0.25, 0.3) is 0 Å². The van der Waals surface area contributed by atoms with E-state index in [4.69, 9.17) is 16.3 Å². The van der Waals surface area contributed by atoms with E-state index in [9.17, 15) is 0 Å². The molecule has 0 spiro atoms. The average Bonchev–Trinajstić information content (AvgIpc) is 2.60. The van der Waals surface area contributed by atoms with Gasteiger partial charge in [0.2, 0.25) is 0 Å². The molecule has 5 nitrogen and oxygen atoms in total. The number of aryl methyl sites for hydroxylation is 1. The molecule has 0 aliphatic rings. The molecule has 0 saturated heterocycles. The third-order valence-electron chi connectivity index (χ3n) is 3.79. The van der Waals surface area contributed by atoms with Gasteiger partial charge in [-0.05, 0) is 69.7 Å². The molecule has 3 rings (SSSR count). The van der Waals surface area contributed by atoms with Crippen LogP contribution in [0.2, 0.25) is 5.02 Å². The van der Waals surface area contributed by atoms with E-state index >= 15 is 0 Å². The lowest BCUT2D eigenvalue weighted by molar-refractivity contribution is 0.306. The van der Waals surface area contributed by atoms with Crippen molar-refractivity contribution >= 4 is 28.9 Å². The molecule has 0 aliphatic carbocycles. The SMILES string of the molecule is Cc1nc(Nc2ccc(OCc3ccc(Cl)cc3)cc2)cc(NC(C)(C)C)n1. The smallest absolute Gasteiger partial charge is 0.136 e. The van der Waals surface area contributed by atoms with Crippen LogP contribution in [0.3, 0.4) is 0 Å². The van der Waals surface area contributed by atoms with Crippen LogP contribution in [0.5, 0.6) is 5.75 Å². The van der Waals surface area contributed by atoms with Crippen LogP contribution < -0.4 is 15.4 Å². The zero-order chi connectivity index (χ0) is 20.1. The summed E-state index contributed by atoms with van der Waals surface area (Å²) in [5, 5.41) is 7.41. The summed E-state index contributed by atoms with van der Waals surface area (Å²) >= 11 is 5.90. The topological polar surface area (TPSA) is 59.1 Å². The molecule has 28 heavy (non-hydrogen) atoms. The Balaban J connectivity index is 1.63. The van der Waals surface area contributed by atoms with Crippen molar-refractivity contribution in [2.24, 2.45) is 0 Å². The van der Waals surface area contributed by atoms with E-state index in [1.807, 2.05) is 61.5 Å². The fourth-order valence-corrected chi connectivity index (χ4v) is 2.74. The molecule has 146 valence electrons. The zero-order valence-corrected chi connectivity index (χ0v) is 17.3. The number of halogens is 1. The van der Waals surface area contributed by atoms with Gasteiger partial charge in [-0.1, -0.05) is 23.7 Å². The molecule has 0 fully saturated rings. The lowest BCUT2D eigenvalue weighted by atomic mass is 10.1. The first kappa shape index (κ1) is 20.0. The maximum atomic E-state index is 5.90. The predicted octanol–water partition coefficient (Wildman–Crippen LogP) is 5.97. The maximum Gasteiger partial charge on any atom is 0.136 e. The van der Waals surface area contributed by atoms with Gasteiger partial charge in [-0.2, -0.15) is 0 Å². The number of benzene rings is 2. The van der Waals surface area contributed by atoms with Crippen molar-refractivity contribution in [2.45, 2.75) is 39.8 Å². The first-order valence-corrected chi connectivity index (χ1v) is 9.53. The summed E-state index contributed by atoms with van der Waals surface area (Å²) in [4.78, 5) is 8.90. The van der Waals surface area contributed by atoms with Crippen molar-refractivity contribution in [3.8, 4) is 5.75 Å². The third kappa shape index (κ3) is 6.13. The van der Waals surface area contributed by atoms with Crippen molar-refractivity contribution < 1.29 is 4.74 Å². The van der Waals surface area contributed by atoms with Gasteiger partial charge in [0.15, 0.2) is 0 Å². The van der Waals surface area contributed by atoms with Crippen LogP contribution in [0, 0.1) is 6.92 Å². The largest absolute Gasteiger partial charge is 0.489 e. The summed E-state index contributed by atoms with van der Waals surface area (Å²) < 4.78 is 5.82. The molecule has 0 aliphatic heterocycles. The molecule has 6 heteroatoms. The Bertz CT molecular complexity index is 919. The first-order valence-electron chi connectivity index (χ1n) is 9.15. The normalized spacial score (nSPS) is 11.2. The number of hydrogen-bond acceptors (Lipinski definition) is 5. The fourth-order valence-electron chi connectivity index (χ4n) is 2.61. The highest BCUT2D eigenvalue weighted by Crippen LogP contribution is 2.22. The summed E-state index contributed by atoms with van der Waals surface area (Å²) in [5.74, 6) is 3.05. The van der Waals surface area contributed by atoms with Crippen molar-refractivity contribution in [3.05, 3.63) is 71.0 Å². The summed E-state index contributed by atoms with van der Waals surface area (Å²) in [6, 6.07) is 17.3. The second-order valence-electron chi connectivity index (χ2n) is 7.63. The highest BCUT2D eigenvalue weighted by Gasteiger charge is 2.11. The zero-order valence-electron chi connectivity index (χ0n) is 16.6. The van der Waals surface area contributed by atoms with Crippen molar-refractivity contribution in [1.82, 2.24) is 9.97 Å². The quantitative estimate of drug-likeness (QED) is 0.537. The Morgan fingerprint density at radius 1 is 0.929 bits per heavy atom. The van der Waals surface area contributed by atoms with E-state index in [1.54, 1.807) is 0 Å². The molecule has 2 N–H and O–H groups in total. The number of nitrogens with zero attached hydrogens (tertiary/aromatic N) is 2. The lowest BCUT2D eigenvalue weighted by Crippen LogP contribution is -2.26. The van der Waals surface area contributed by atoms with Crippen LogP contribution >= 0.6 is 11.6 Å². The van der Waals surface area contributed by atoms with Gasteiger partial charge < -0.3 is 15.4 Å². The number of rotatable bonds is 6. The van der Waals surface area contributed by atoms with Crippen LogP contribution in [0.25, 0.3) is 0 Å². The Hall–Kier alpha value is -2.79. The van der Waals surface area contributed by atoms with E-state index in [2.05, 4.69) is 41.4 Å². The number of aromatic nitrogens is 2. The van der Waals surface area contributed by atoms with E-state index < -0.39 is 0 Å². The molecular weight excluding hydrogens is 372 g/mol. The molecule has 0 bridgehead atoms. The minimum atomic E-state index is -0.0683. The predicted molar refractivity (Wildman–Crippen MR) is 116 cm³/mol. The molecule has 1 heterocycles. The third-order valence-corrected chi connectivity index (χ3v) is 4.04. The molecule has 2 aromatic carbocycles. The molecular formula is C22H25ClN4O. The molecule has 0 amide bonds. The molecule has 0 saturated carbocycles. The number of ether oxygens (including phenoxy) is 1. The molecule has 0 radical (unpaired) electrons. The van der Waals surface area contributed by atoms with Gasteiger partial charge >= 0.3 is 0 Å². The number of nitrogens with one attached hydrogen (secondary N) is 2. The Labute approximate surface area is 171 Å². The van der Waals surface area contributed by atoms with Crippen LogP contribution in [0.4, 0.5) is 17.3 Å². The Morgan fingerprint density at radius 3 is 2.21 bits per heavy atom. The Kier molecular flexibility index (Phi) is 6.05. The number of hydrogen-bond donors (Lipinski definition) is 2. The highest BCUT2D eigenvalue weighted by atomic mass is 35.5. The van der Waals surface area contributed by atoms with Crippen molar-refractivity contribution in [1.29, 1.82) is 0 Å². The minimum Gasteiger partial charge on any atom is -0.489 e. The van der Waals surface area contributed by atoms with Crippen molar-refractivity contribution in [2.75, 3.05) is 10.6 Å². The van der Waals surface area contributed by atoms with Gasteiger partial charge in [0, 0.05) is 22.3 Å². The van der Waals surface area contributed by atoms with Crippen molar-refractivity contribution in [3.63, 3.8) is 0 Å². The first-order chi connectivity index (χ1) is 13.3. The summed E-state index contributed by atoms with van der Waals surface area (Å²) in [6.45, 7) is 8.67. The second kappa shape index (κ2) is 8.48. The summed E-state index contributed by atoms with van der Waals surface area (Å²) in [7, 11) is 0. The lowest BCUT2D eigenvalue weighted by Gasteiger charge is -2.21. The van der Waals surface area contributed by atoms with Crippen LogP contribution in [-0.4, -0.2) is 15.5 Å². The van der Waals surface area contributed by atoms with Gasteiger partial charge in [-0.15, -0.1) is 0 Å². The molecule has 0 unspecified atom stereocenters. The van der Waals surface area contributed by atoms with Crippen LogP contribution in [0.15, 0.2) is 54.6 Å². The van der Waals surface area contributed by atoms with Gasteiger partial charge in [-0.25, -0.2) is 9.97 Å². The van der Waals surface area contributed by atoms with E-state index in [0.717, 1.165) is 33.7 Å². The maximum absolute atomic E-state index is 5.90. The average molecular weight is 397 g/mol. The fraction of sp³-hybridized carbons (Fsp3) is 0.273. The van der Waals surface area contributed by atoms with Gasteiger partial charge in [0.05, 0.1) is 0 Å². The monoisotopic (exact) mass is 396 g/mol. The standard InChI is InChI=1S/C22H25ClN4O/c1-15-24-20(13-21(25-15)27-22(2,3)4)26-18-9-11-19(12-10-18)28-14-16-5-7-17(23)8-6-16/h5-13H,14H2,1-4H3,(H2,24,25,26,27). The van der Waals surface area contributed by atoms with E-state index in [0.29, 0.717) is 12.4 Å². The summed E-state index contributed by atoms with van der Waals surface area (Å²) in [5.41, 5.74) is 1.93. The number of anilines is 3. The van der Waals surface area contributed by atoms with E-state index in [1.165, 1.54) is 0 Å². The molecule has 3 aromatic rings. The second-order valence-corrected chi connectivity index (χ2v) is 8.06. The Morgan fingerprint density at radius 2 is 1.57 bits per heavy atom. The molecule has 1 aromatic heterocycles. The van der Waals surface area contributed by atoms with Gasteiger partial charge in [0.1, 0.15) is 29.8 Å². The molecule has 0 atom stereocenters. The van der Waals surface area contributed by atoms with E-state index in [-0.39, 0.29) is 5.54 Å². The van der Waals surface area contributed by atoms with Crippen LogP contribution in [-0.2, 0) is 6.61 Å².